The van der Waals surface area contributed by atoms with Crippen LogP contribution in [0.15, 0.2) is 62.2 Å². The number of aryl methyl sites for hydroxylation is 2. The molecule has 1 aliphatic rings. The molecule has 1 atom stereocenters. The molecule has 0 radical (unpaired) electrons. The smallest absolute Gasteiger partial charge is 0.273 e. The molecule has 8 rings (SSSR count). The molecule has 14 bridgehead atoms. The highest BCUT2D eigenvalue weighted by molar-refractivity contribution is 8.00. The molecule has 17 heteroatoms. The van der Waals surface area contributed by atoms with Crippen molar-refractivity contribution in [3.63, 3.8) is 0 Å². The minimum absolute atomic E-state index is 0.0286. The molecule has 47 heavy (non-hydrogen) atoms. The summed E-state index contributed by atoms with van der Waals surface area (Å²) >= 11 is 1.63. The summed E-state index contributed by atoms with van der Waals surface area (Å²) in [7, 11) is 0. The quantitative estimate of drug-likeness (QED) is 0.209. The lowest BCUT2D eigenvalue weighted by atomic mass is 10.3. The van der Waals surface area contributed by atoms with Gasteiger partial charge in [-0.05, 0) is 13.8 Å². The molecule has 0 fully saturated rings. The summed E-state index contributed by atoms with van der Waals surface area (Å²) in [5.41, 5.74) is 1.90. The zero-order chi connectivity index (χ0) is 32.4. The summed E-state index contributed by atoms with van der Waals surface area (Å²) in [5, 5.41) is 2.98. The van der Waals surface area contributed by atoms with E-state index in [1.807, 2.05) is 0 Å². The van der Waals surface area contributed by atoms with Gasteiger partial charge in [-0.15, -0.1) is 0 Å². The molecule has 0 aliphatic carbocycles. The number of thioether (sulfide) groups is 1. The molecule has 0 spiro atoms. The predicted molar refractivity (Wildman–Crippen MR) is 161 cm³/mol. The summed E-state index contributed by atoms with van der Waals surface area (Å²) in [6.45, 7) is 9.66. The highest BCUT2D eigenvalue weighted by Crippen LogP contribution is 2.34. The first-order valence-electron chi connectivity index (χ1n) is 14.3. The Balaban J connectivity index is 1.22. The molecule has 16 nitrogen and oxygen atoms in total. The second-order valence-corrected chi connectivity index (χ2v) is 13.4. The van der Waals surface area contributed by atoms with E-state index in [4.69, 9.17) is 30.9 Å². The minimum Gasteiger partial charge on any atom is -0.443 e. The first-order valence-corrected chi connectivity index (χ1v) is 15.3. The van der Waals surface area contributed by atoms with Crippen LogP contribution in [0.2, 0.25) is 0 Å². The van der Waals surface area contributed by atoms with Crippen molar-refractivity contribution in [2.24, 2.45) is 0 Å². The average Bonchev–Trinajstić information content (AvgIpc) is 3.87. The van der Waals surface area contributed by atoms with Crippen LogP contribution in [-0.2, 0) is 0 Å². The molecule has 7 aromatic heterocycles. The third-order valence-electron chi connectivity index (χ3n) is 6.93. The Morgan fingerprint density at radius 3 is 1.64 bits per heavy atom. The van der Waals surface area contributed by atoms with Crippen molar-refractivity contribution in [2.45, 2.75) is 45.4 Å². The fourth-order valence-electron chi connectivity index (χ4n) is 4.65. The maximum absolute atomic E-state index is 13.5. The van der Waals surface area contributed by atoms with Gasteiger partial charge in [-0.25, -0.2) is 34.9 Å². The van der Waals surface area contributed by atoms with Crippen molar-refractivity contribution in [2.75, 3.05) is 5.75 Å². The van der Waals surface area contributed by atoms with Crippen LogP contribution in [0.4, 0.5) is 0 Å². The van der Waals surface area contributed by atoms with Crippen LogP contribution in [0.3, 0.4) is 0 Å². The highest BCUT2D eigenvalue weighted by Gasteiger charge is 2.29. The van der Waals surface area contributed by atoms with Crippen molar-refractivity contribution in [3.8, 4) is 69.5 Å². The van der Waals surface area contributed by atoms with E-state index >= 15 is 0 Å². The van der Waals surface area contributed by atoms with Gasteiger partial charge in [-0.1, -0.05) is 20.8 Å². The third kappa shape index (κ3) is 5.33. The van der Waals surface area contributed by atoms with Gasteiger partial charge in [-0.2, -0.15) is 11.8 Å². The van der Waals surface area contributed by atoms with Crippen LogP contribution in [0.25, 0.3) is 69.5 Å². The van der Waals surface area contributed by atoms with Gasteiger partial charge in [0, 0.05) is 10.5 Å². The summed E-state index contributed by atoms with van der Waals surface area (Å²) in [6, 6.07) is -0.638. The lowest BCUT2D eigenvalue weighted by Gasteiger charge is -2.21. The maximum Gasteiger partial charge on any atom is 0.273 e. The number of aromatic nitrogens is 7. The lowest BCUT2D eigenvalue weighted by Crippen LogP contribution is -2.31. The summed E-state index contributed by atoms with van der Waals surface area (Å²) < 4.78 is 40.1. The number of oxazole rings is 7. The Morgan fingerprint density at radius 1 is 0.617 bits per heavy atom. The Labute approximate surface area is 268 Å². The first kappa shape index (κ1) is 28.7. The number of nitrogens with zero attached hydrogens (tertiary/aromatic N) is 7. The zero-order valence-corrected chi connectivity index (χ0v) is 26.3. The largest absolute Gasteiger partial charge is 0.443 e. The molecule has 238 valence electrons. The SMILES string of the molecule is Cc1oc2nc1-c1nc(co1)C(=O)N[C@@H](CSC(C)(C)C)c1nc(c(C)o1)-c1nc(co1)-c1nc(co1)-c1nc(co1)-c1nc-2co1. The van der Waals surface area contributed by atoms with E-state index in [2.05, 4.69) is 61.0 Å². The van der Waals surface area contributed by atoms with E-state index in [0.29, 0.717) is 51.4 Å². The van der Waals surface area contributed by atoms with Crippen LogP contribution in [0.5, 0.6) is 0 Å². The van der Waals surface area contributed by atoms with Crippen molar-refractivity contribution in [1.82, 2.24) is 40.2 Å². The molecule has 8 heterocycles. The van der Waals surface area contributed by atoms with Gasteiger partial charge < -0.3 is 36.2 Å². The molecule has 0 saturated carbocycles. The Kier molecular flexibility index (Phi) is 6.54. The summed E-state index contributed by atoms with van der Waals surface area (Å²) in [4.78, 5) is 44.9. The zero-order valence-electron chi connectivity index (χ0n) is 25.5. The molecule has 0 aromatic carbocycles. The van der Waals surface area contributed by atoms with Crippen molar-refractivity contribution >= 4 is 17.7 Å². The van der Waals surface area contributed by atoms with Gasteiger partial charge in [0.25, 0.3) is 5.91 Å². The van der Waals surface area contributed by atoms with Crippen LogP contribution in [0, 0.1) is 13.8 Å². The topological polar surface area (TPSA) is 211 Å². The second kappa shape index (κ2) is 10.7. The monoisotopic (exact) mass is 656 g/mol. The Hall–Kier alpha value is -5.71. The Morgan fingerprint density at radius 2 is 1.06 bits per heavy atom. The summed E-state index contributed by atoms with van der Waals surface area (Å²) in [6.07, 6.45) is 6.77. The number of rotatable bonds is 2. The van der Waals surface area contributed by atoms with E-state index in [9.17, 15) is 4.79 Å². The van der Waals surface area contributed by atoms with E-state index in [1.54, 1.807) is 25.6 Å². The Bertz CT molecular complexity index is 2260. The molecule has 7 aromatic rings. The van der Waals surface area contributed by atoms with Gasteiger partial charge in [0.15, 0.2) is 39.9 Å². The van der Waals surface area contributed by atoms with Gasteiger partial charge in [0.05, 0.1) is 0 Å². The third-order valence-corrected chi connectivity index (χ3v) is 8.30. The molecule has 1 aliphatic heterocycles. The maximum atomic E-state index is 13.5. The van der Waals surface area contributed by atoms with Gasteiger partial charge >= 0.3 is 0 Å². The van der Waals surface area contributed by atoms with Crippen LogP contribution >= 0.6 is 11.8 Å². The number of hydrogen-bond acceptors (Lipinski definition) is 16. The summed E-state index contributed by atoms with van der Waals surface area (Å²) in [5.74, 6) is 1.95. The van der Waals surface area contributed by atoms with E-state index in [0.717, 1.165) is 0 Å². The fourth-order valence-corrected chi connectivity index (χ4v) is 5.54. The number of nitrogens with one attached hydrogen (secondary N) is 1. The standard InChI is InChI=1S/C30H24N8O8S/c1-12-20-28-32-14(6-43-28)22(39)31-19(11-47-30(3,4)5)27-38-21(13(2)46-27)29-36-17(9-44-29)25-34-15(7-41-25)23-33-16(8-40-23)24-35-18(10-42-24)26(37-20)45-12/h6-10,19H,11H2,1-5H3,(H,31,39)/t19-/m0/s1. The fraction of sp³-hybridized carbons (Fsp3) is 0.267. The number of amides is 1. The molecule has 0 saturated heterocycles. The van der Waals surface area contributed by atoms with Crippen LogP contribution in [-0.4, -0.2) is 51.3 Å². The average molecular weight is 657 g/mol. The van der Waals surface area contributed by atoms with E-state index < -0.39 is 11.9 Å². The number of fused-ring (bicyclic) bond motifs is 20. The molecule has 1 N–H and O–H groups in total. The molecule has 1 amide bonds. The number of hydrogen-bond donors (Lipinski definition) is 1. The van der Waals surface area contributed by atoms with Crippen molar-refractivity contribution in [1.29, 1.82) is 0 Å². The lowest BCUT2D eigenvalue weighted by molar-refractivity contribution is 0.0929. The first-order chi connectivity index (χ1) is 22.6. The van der Waals surface area contributed by atoms with Gasteiger partial charge in [0.2, 0.25) is 41.2 Å². The van der Waals surface area contributed by atoms with Crippen molar-refractivity contribution < 1.29 is 35.7 Å². The normalized spacial score (nSPS) is 14.7. The van der Waals surface area contributed by atoms with E-state index in [1.165, 1.54) is 31.3 Å². The number of carbonyl (C=O) groups excluding carboxylic acids is 1. The van der Waals surface area contributed by atoms with Crippen molar-refractivity contribution in [3.05, 3.63) is 54.4 Å². The van der Waals surface area contributed by atoms with Crippen LogP contribution in [0.1, 0.15) is 54.7 Å². The van der Waals surface area contributed by atoms with Gasteiger partial charge in [0.1, 0.15) is 48.9 Å². The molecular weight excluding hydrogens is 632 g/mol. The molecule has 0 unspecified atom stereocenters. The number of carbonyl (C=O) groups is 1. The highest BCUT2D eigenvalue weighted by atomic mass is 32.2. The van der Waals surface area contributed by atoms with Crippen LogP contribution < -0.4 is 5.32 Å². The predicted octanol–water partition coefficient (Wildman–Crippen LogP) is 6.54. The van der Waals surface area contributed by atoms with E-state index in [-0.39, 0.29) is 51.7 Å². The second-order valence-electron chi connectivity index (χ2n) is 11.5. The van der Waals surface area contributed by atoms with Gasteiger partial charge in [-0.3, -0.25) is 4.79 Å². The molecular formula is C30H24N8O8S. The minimum atomic E-state index is -0.638.